The molecule has 0 aromatic carbocycles. The second kappa shape index (κ2) is 5.41. The molecule has 1 unspecified atom stereocenters. The SMILES string of the molecule is CCOC(=O)c1cnc(N2CC(S(=O)(=O)Cl)CC2=O)o1. The van der Waals surface area contributed by atoms with Gasteiger partial charge in [0.1, 0.15) is 5.25 Å². The third-order valence-corrected chi connectivity index (χ3v) is 4.56. The van der Waals surface area contributed by atoms with Crippen LogP contribution >= 0.6 is 10.7 Å². The average molecular weight is 323 g/mol. The van der Waals surface area contributed by atoms with Gasteiger partial charge in [0, 0.05) is 23.6 Å². The first-order valence-electron chi connectivity index (χ1n) is 5.69. The Hall–Kier alpha value is -1.61. The van der Waals surface area contributed by atoms with Crippen molar-refractivity contribution in [2.45, 2.75) is 18.6 Å². The van der Waals surface area contributed by atoms with Crippen molar-refractivity contribution in [1.82, 2.24) is 4.98 Å². The van der Waals surface area contributed by atoms with Gasteiger partial charge in [0.25, 0.3) is 0 Å². The lowest BCUT2D eigenvalue weighted by atomic mass is 10.4. The number of anilines is 1. The summed E-state index contributed by atoms with van der Waals surface area (Å²) in [5.41, 5.74) is 0. The zero-order valence-electron chi connectivity index (χ0n) is 10.4. The second-order valence-corrected chi connectivity index (χ2v) is 6.94. The molecule has 0 bridgehead atoms. The van der Waals surface area contributed by atoms with Gasteiger partial charge in [-0.15, -0.1) is 0 Å². The van der Waals surface area contributed by atoms with E-state index in [2.05, 4.69) is 4.98 Å². The molecule has 0 aliphatic carbocycles. The van der Waals surface area contributed by atoms with Crippen LogP contribution in [0.5, 0.6) is 0 Å². The average Bonchev–Trinajstić information content (AvgIpc) is 2.94. The first kappa shape index (κ1) is 14.8. The van der Waals surface area contributed by atoms with E-state index in [1.54, 1.807) is 6.92 Å². The number of oxazole rings is 1. The highest BCUT2D eigenvalue weighted by Gasteiger charge is 2.40. The maximum atomic E-state index is 11.7. The van der Waals surface area contributed by atoms with Gasteiger partial charge in [-0.25, -0.2) is 18.2 Å². The Kier molecular flexibility index (Phi) is 4.00. The monoisotopic (exact) mass is 322 g/mol. The van der Waals surface area contributed by atoms with Crippen molar-refractivity contribution >= 4 is 37.6 Å². The molecule has 1 aromatic heterocycles. The van der Waals surface area contributed by atoms with E-state index in [-0.39, 0.29) is 31.3 Å². The molecule has 1 fully saturated rings. The summed E-state index contributed by atoms with van der Waals surface area (Å²) in [6, 6.07) is -0.152. The van der Waals surface area contributed by atoms with Crippen molar-refractivity contribution in [1.29, 1.82) is 0 Å². The maximum Gasteiger partial charge on any atom is 0.376 e. The van der Waals surface area contributed by atoms with E-state index >= 15 is 0 Å². The molecule has 10 heteroatoms. The smallest absolute Gasteiger partial charge is 0.376 e. The Morgan fingerprint density at radius 3 is 2.90 bits per heavy atom. The van der Waals surface area contributed by atoms with Gasteiger partial charge >= 0.3 is 12.0 Å². The van der Waals surface area contributed by atoms with Crippen LogP contribution in [-0.2, 0) is 18.6 Å². The van der Waals surface area contributed by atoms with Gasteiger partial charge in [0.2, 0.25) is 20.7 Å². The lowest BCUT2D eigenvalue weighted by Gasteiger charge is -2.10. The standard InChI is InChI=1S/C10H11ClN2O6S/c1-2-18-9(15)7-4-12-10(19-7)13-5-6(3-8(13)14)20(11,16)17/h4,6H,2-3,5H2,1H3. The molecule has 8 nitrogen and oxygen atoms in total. The molecule has 2 heterocycles. The van der Waals surface area contributed by atoms with E-state index in [1.807, 2.05) is 0 Å². The lowest BCUT2D eigenvalue weighted by molar-refractivity contribution is -0.117. The number of ether oxygens (including phenoxy) is 1. The Morgan fingerprint density at radius 2 is 2.35 bits per heavy atom. The van der Waals surface area contributed by atoms with E-state index < -0.39 is 26.2 Å². The number of carbonyl (C=O) groups excluding carboxylic acids is 2. The summed E-state index contributed by atoms with van der Waals surface area (Å²) >= 11 is 0. The molecule has 1 atom stereocenters. The molecule has 1 aliphatic rings. The van der Waals surface area contributed by atoms with Crippen LogP contribution in [0, 0.1) is 0 Å². The Bertz CT molecular complexity index is 640. The highest BCUT2D eigenvalue weighted by atomic mass is 35.7. The van der Waals surface area contributed by atoms with Crippen LogP contribution in [0.15, 0.2) is 10.6 Å². The van der Waals surface area contributed by atoms with Gasteiger partial charge in [0.15, 0.2) is 0 Å². The Balaban J connectivity index is 2.17. The molecule has 1 amide bonds. The zero-order valence-corrected chi connectivity index (χ0v) is 12.0. The van der Waals surface area contributed by atoms with Gasteiger partial charge in [-0.1, -0.05) is 0 Å². The summed E-state index contributed by atoms with van der Waals surface area (Å²) in [5.74, 6) is -1.36. The third kappa shape index (κ3) is 2.93. The van der Waals surface area contributed by atoms with Crippen molar-refractivity contribution in [2.75, 3.05) is 18.1 Å². The molecule has 20 heavy (non-hydrogen) atoms. The second-order valence-electron chi connectivity index (χ2n) is 4.03. The quantitative estimate of drug-likeness (QED) is 0.587. The molecular formula is C10H11ClN2O6S. The molecule has 110 valence electrons. The minimum Gasteiger partial charge on any atom is -0.460 e. The van der Waals surface area contributed by atoms with Crippen molar-refractivity contribution in [3.8, 4) is 0 Å². The number of halogens is 1. The molecule has 0 saturated carbocycles. The highest BCUT2D eigenvalue weighted by molar-refractivity contribution is 8.14. The van der Waals surface area contributed by atoms with E-state index in [4.69, 9.17) is 19.8 Å². The number of aromatic nitrogens is 1. The lowest BCUT2D eigenvalue weighted by Crippen LogP contribution is -2.26. The summed E-state index contributed by atoms with van der Waals surface area (Å²) < 4.78 is 32.2. The number of esters is 1. The zero-order chi connectivity index (χ0) is 14.9. The molecule has 1 aliphatic heterocycles. The molecular weight excluding hydrogens is 312 g/mol. The first-order valence-corrected chi connectivity index (χ1v) is 8.07. The number of rotatable bonds is 4. The molecule has 0 radical (unpaired) electrons. The number of nitrogens with zero attached hydrogens (tertiary/aromatic N) is 2. The first-order chi connectivity index (χ1) is 9.32. The number of amides is 1. The molecule has 2 rings (SSSR count). The fraction of sp³-hybridized carbons (Fsp3) is 0.500. The number of carbonyl (C=O) groups is 2. The van der Waals surface area contributed by atoms with Crippen LogP contribution in [0.3, 0.4) is 0 Å². The summed E-state index contributed by atoms with van der Waals surface area (Å²) in [5, 5.41) is -1.02. The maximum absolute atomic E-state index is 11.7. The van der Waals surface area contributed by atoms with Crippen LogP contribution < -0.4 is 4.90 Å². The van der Waals surface area contributed by atoms with Crippen LogP contribution in [0.4, 0.5) is 6.01 Å². The largest absolute Gasteiger partial charge is 0.460 e. The summed E-state index contributed by atoms with van der Waals surface area (Å²) in [6.07, 6.45) is 0.867. The van der Waals surface area contributed by atoms with E-state index in [0.717, 1.165) is 11.1 Å². The Labute approximate surface area is 119 Å². The fourth-order valence-corrected chi connectivity index (χ4v) is 2.76. The normalized spacial score (nSPS) is 19.4. The predicted octanol–water partition coefficient (Wildman–Crippen LogP) is 0.525. The van der Waals surface area contributed by atoms with Gasteiger partial charge in [-0.3, -0.25) is 9.69 Å². The number of hydrogen-bond acceptors (Lipinski definition) is 7. The van der Waals surface area contributed by atoms with Crippen LogP contribution in [0.1, 0.15) is 23.9 Å². The van der Waals surface area contributed by atoms with Gasteiger partial charge < -0.3 is 9.15 Å². The van der Waals surface area contributed by atoms with E-state index in [1.165, 1.54) is 0 Å². The number of hydrogen-bond donors (Lipinski definition) is 0. The molecule has 1 saturated heterocycles. The molecule has 0 spiro atoms. The summed E-state index contributed by atoms with van der Waals surface area (Å²) in [4.78, 5) is 27.9. The van der Waals surface area contributed by atoms with Gasteiger partial charge in [0.05, 0.1) is 12.8 Å². The van der Waals surface area contributed by atoms with Crippen LogP contribution in [-0.4, -0.2) is 43.7 Å². The third-order valence-electron chi connectivity index (χ3n) is 2.69. The fourth-order valence-electron chi connectivity index (χ4n) is 1.73. The van der Waals surface area contributed by atoms with Crippen LogP contribution in [0.2, 0.25) is 0 Å². The Morgan fingerprint density at radius 1 is 1.65 bits per heavy atom. The van der Waals surface area contributed by atoms with Crippen molar-refractivity contribution < 1.29 is 27.2 Å². The minimum atomic E-state index is -3.85. The summed E-state index contributed by atoms with van der Waals surface area (Å²) in [7, 11) is 1.38. The molecule has 1 aromatic rings. The highest BCUT2D eigenvalue weighted by Crippen LogP contribution is 2.26. The van der Waals surface area contributed by atoms with Crippen molar-refractivity contribution in [2.24, 2.45) is 0 Å². The van der Waals surface area contributed by atoms with Gasteiger partial charge in [-0.05, 0) is 6.92 Å². The van der Waals surface area contributed by atoms with Gasteiger partial charge in [-0.2, -0.15) is 0 Å². The van der Waals surface area contributed by atoms with E-state index in [0.29, 0.717) is 0 Å². The predicted molar refractivity (Wildman–Crippen MR) is 68.0 cm³/mol. The minimum absolute atomic E-state index is 0.152. The van der Waals surface area contributed by atoms with Crippen molar-refractivity contribution in [3.63, 3.8) is 0 Å². The van der Waals surface area contributed by atoms with Crippen LogP contribution in [0.25, 0.3) is 0 Å². The summed E-state index contributed by atoms with van der Waals surface area (Å²) in [6.45, 7) is 1.65. The van der Waals surface area contributed by atoms with E-state index in [9.17, 15) is 18.0 Å². The van der Waals surface area contributed by atoms with Crippen molar-refractivity contribution in [3.05, 3.63) is 12.0 Å². The topological polar surface area (TPSA) is 107 Å². The molecule has 0 N–H and O–H groups in total.